The Balaban J connectivity index is 1.61. The van der Waals surface area contributed by atoms with Gasteiger partial charge in [-0.1, -0.05) is 24.3 Å². The molecule has 0 amide bonds. The highest BCUT2D eigenvalue weighted by atomic mass is 19.4. The Labute approximate surface area is 163 Å². The number of carbonyl (C=O) groups is 1. The molecule has 1 saturated carbocycles. The van der Waals surface area contributed by atoms with Crippen LogP contribution < -0.4 is 5.56 Å². The van der Waals surface area contributed by atoms with E-state index in [4.69, 9.17) is 0 Å². The fourth-order valence-electron chi connectivity index (χ4n) is 3.55. The van der Waals surface area contributed by atoms with E-state index in [2.05, 4.69) is 0 Å². The number of pyridine rings is 1. The lowest BCUT2D eigenvalue weighted by molar-refractivity contribution is -0.140. The highest BCUT2D eigenvalue weighted by molar-refractivity contribution is 6.07. The molecule has 2 aromatic carbocycles. The molecule has 0 spiro atoms. The van der Waals surface area contributed by atoms with Gasteiger partial charge in [-0.25, -0.2) is 4.39 Å². The first-order valence-electron chi connectivity index (χ1n) is 9.29. The summed E-state index contributed by atoms with van der Waals surface area (Å²) < 4.78 is 54.4. The van der Waals surface area contributed by atoms with Gasteiger partial charge in [0.25, 0.3) is 5.56 Å². The zero-order valence-electron chi connectivity index (χ0n) is 15.3. The smallest absolute Gasteiger partial charge is 0.312 e. The lowest BCUT2D eigenvalue weighted by Gasteiger charge is -2.12. The SMILES string of the molecule is O=C(CCc1cccc(C(F)(F)F)c1F)c1cccc2c(=O)n(C3CC3)ccc12. The second-order valence-electron chi connectivity index (χ2n) is 7.23. The van der Waals surface area contributed by atoms with Gasteiger partial charge in [0.1, 0.15) is 5.82 Å². The third-order valence-corrected chi connectivity index (χ3v) is 5.22. The Hall–Kier alpha value is -2.96. The molecule has 3 nitrogen and oxygen atoms in total. The maximum atomic E-state index is 14.2. The second kappa shape index (κ2) is 7.13. The number of aromatic nitrogens is 1. The number of nitrogens with zero attached hydrogens (tertiary/aromatic N) is 1. The Kier molecular flexibility index (Phi) is 4.76. The van der Waals surface area contributed by atoms with Gasteiger partial charge >= 0.3 is 6.18 Å². The van der Waals surface area contributed by atoms with E-state index in [1.165, 1.54) is 6.07 Å². The van der Waals surface area contributed by atoms with Crippen molar-refractivity contribution in [1.29, 1.82) is 0 Å². The first kappa shape index (κ1) is 19.4. The number of benzene rings is 2. The van der Waals surface area contributed by atoms with Crippen LogP contribution in [0.5, 0.6) is 0 Å². The molecule has 1 aromatic heterocycles. The van der Waals surface area contributed by atoms with E-state index in [0.717, 1.165) is 18.9 Å². The lowest BCUT2D eigenvalue weighted by Crippen LogP contribution is -2.19. The van der Waals surface area contributed by atoms with Gasteiger partial charge in [-0.15, -0.1) is 0 Å². The van der Waals surface area contributed by atoms with E-state index in [1.807, 2.05) is 0 Å². The number of Topliss-reactive ketones (excluding diaryl/α,β-unsaturated/α-hetero) is 1. The monoisotopic (exact) mass is 403 g/mol. The lowest BCUT2D eigenvalue weighted by atomic mass is 9.97. The van der Waals surface area contributed by atoms with Gasteiger partial charge in [-0.05, 0) is 48.4 Å². The number of halogens is 4. The minimum Gasteiger partial charge on any atom is -0.312 e. The van der Waals surface area contributed by atoms with Gasteiger partial charge in [-0.2, -0.15) is 13.2 Å². The Morgan fingerprint density at radius 3 is 2.45 bits per heavy atom. The summed E-state index contributed by atoms with van der Waals surface area (Å²) in [5.41, 5.74) is -1.35. The molecule has 29 heavy (non-hydrogen) atoms. The second-order valence-corrected chi connectivity index (χ2v) is 7.23. The topological polar surface area (TPSA) is 39.1 Å². The summed E-state index contributed by atoms with van der Waals surface area (Å²) in [6, 6.07) is 9.81. The minimum absolute atomic E-state index is 0.162. The summed E-state index contributed by atoms with van der Waals surface area (Å²) in [6.45, 7) is 0. The molecular formula is C22H17F4NO2. The van der Waals surface area contributed by atoms with Crippen molar-refractivity contribution in [3.05, 3.63) is 81.5 Å². The van der Waals surface area contributed by atoms with Gasteiger partial charge in [-0.3, -0.25) is 9.59 Å². The number of rotatable bonds is 5. The van der Waals surface area contributed by atoms with E-state index in [9.17, 15) is 27.2 Å². The predicted molar refractivity (Wildman–Crippen MR) is 101 cm³/mol. The molecule has 0 atom stereocenters. The van der Waals surface area contributed by atoms with Crippen molar-refractivity contribution < 1.29 is 22.4 Å². The number of fused-ring (bicyclic) bond motifs is 1. The molecule has 0 bridgehead atoms. The first-order chi connectivity index (χ1) is 13.8. The molecule has 1 fully saturated rings. The normalized spacial score (nSPS) is 14.3. The van der Waals surface area contributed by atoms with Crippen LogP contribution >= 0.6 is 0 Å². The zero-order valence-corrected chi connectivity index (χ0v) is 15.3. The molecule has 0 radical (unpaired) electrons. The van der Waals surface area contributed by atoms with Crippen LogP contribution in [0.2, 0.25) is 0 Å². The fraction of sp³-hybridized carbons (Fsp3) is 0.273. The summed E-state index contributed by atoms with van der Waals surface area (Å²) in [5.74, 6) is -1.70. The van der Waals surface area contributed by atoms with Crippen molar-refractivity contribution in [2.45, 2.75) is 37.9 Å². The quantitative estimate of drug-likeness (QED) is 0.428. The van der Waals surface area contributed by atoms with E-state index in [1.54, 1.807) is 35.0 Å². The summed E-state index contributed by atoms with van der Waals surface area (Å²) in [7, 11) is 0. The Morgan fingerprint density at radius 2 is 1.76 bits per heavy atom. The number of hydrogen-bond acceptors (Lipinski definition) is 2. The maximum absolute atomic E-state index is 14.2. The van der Waals surface area contributed by atoms with Crippen molar-refractivity contribution in [3.63, 3.8) is 0 Å². The van der Waals surface area contributed by atoms with Crippen molar-refractivity contribution in [2.24, 2.45) is 0 Å². The van der Waals surface area contributed by atoms with Gasteiger partial charge in [0.15, 0.2) is 5.78 Å². The molecule has 7 heteroatoms. The average Bonchev–Trinajstić information content (AvgIpc) is 3.51. The molecule has 0 aliphatic heterocycles. The molecular weight excluding hydrogens is 386 g/mol. The third kappa shape index (κ3) is 3.69. The van der Waals surface area contributed by atoms with Crippen LogP contribution in [0, 0.1) is 5.82 Å². The van der Waals surface area contributed by atoms with Crippen molar-refractivity contribution in [1.82, 2.24) is 4.57 Å². The predicted octanol–water partition coefficient (Wildman–Crippen LogP) is 5.31. The van der Waals surface area contributed by atoms with Gasteiger partial charge in [0, 0.05) is 29.6 Å². The molecule has 1 aliphatic rings. The van der Waals surface area contributed by atoms with Crippen LogP contribution in [0.15, 0.2) is 53.5 Å². The molecule has 150 valence electrons. The van der Waals surface area contributed by atoms with Crippen LogP contribution in [-0.2, 0) is 12.6 Å². The van der Waals surface area contributed by atoms with Crippen LogP contribution in [0.3, 0.4) is 0 Å². The van der Waals surface area contributed by atoms with Crippen molar-refractivity contribution >= 4 is 16.6 Å². The zero-order chi connectivity index (χ0) is 20.8. The third-order valence-electron chi connectivity index (χ3n) is 5.22. The summed E-state index contributed by atoms with van der Waals surface area (Å²) in [4.78, 5) is 25.3. The number of aryl methyl sites for hydroxylation is 1. The Bertz CT molecular complexity index is 1160. The van der Waals surface area contributed by atoms with Crippen LogP contribution in [-0.4, -0.2) is 10.4 Å². The van der Waals surface area contributed by atoms with E-state index in [-0.39, 0.29) is 35.8 Å². The standard InChI is InChI=1S/C22H17F4NO2/c23-20-13(3-1-6-18(20)22(24,25)26)7-10-19(28)16-4-2-5-17-15(16)11-12-27(21(17)29)14-8-9-14/h1-6,11-12,14H,7-10H2. The van der Waals surface area contributed by atoms with Gasteiger partial charge in [0.2, 0.25) is 0 Å². The molecule has 4 rings (SSSR count). The van der Waals surface area contributed by atoms with Crippen molar-refractivity contribution in [3.8, 4) is 0 Å². The van der Waals surface area contributed by atoms with E-state index < -0.39 is 17.6 Å². The molecule has 0 saturated heterocycles. The largest absolute Gasteiger partial charge is 0.419 e. The Morgan fingerprint density at radius 1 is 1.03 bits per heavy atom. The highest BCUT2D eigenvalue weighted by Gasteiger charge is 2.34. The minimum atomic E-state index is -4.79. The van der Waals surface area contributed by atoms with Crippen LogP contribution in [0.4, 0.5) is 17.6 Å². The number of hydrogen-bond donors (Lipinski definition) is 0. The first-order valence-corrected chi connectivity index (χ1v) is 9.29. The maximum Gasteiger partial charge on any atom is 0.419 e. The highest BCUT2D eigenvalue weighted by Crippen LogP contribution is 2.34. The van der Waals surface area contributed by atoms with E-state index >= 15 is 0 Å². The number of ketones is 1. The average molecular weight is 403 g/mol. The van der Waals surface area contributed by atoms with Crippen molar-refractivity contribution in [2.75, 3.05) is 0 Å². The molecule has 0 N–H and O–H groups in total. The van der Waals surface area contributed by atoms with Crippen LogP contribution in [0.25, 0.3) is 10.8 Å². The summed E-state index contributed by atoms with van der Waals surface area (Å²) in [5, 5.41) is 0.930. The van der Waals surface area contributed by atoms with Crippen LogP contribution in [0.1, 0.15) is 46.8 Å². The molecule has 0 unspecified atom stereocenters. The molecule has 3 aromatic rings. The molecule has 1 heterocycles. The summed E-state index contributed by atoms with van der Waals surface area (Å²) >= 11 is 0. The summed E-state index contributed by atoms with van der Waals surface area (Å²) in [6.07, 6.45) is -1.54. The van der Waals surface area contributed by atoms with E-state index in [0.29, 0.717) is 22.4 Å². The number of carbonyl (C=O) groups excluding carboxylic acids is 1. The van der Waals surface area contributed by atoms with Gasteiger partial charge in [0.05, 0.1) is 5.56 Å². The number of alkyl halides is 3. The fourth-order valence-corrected chi connectivity index (χ4v) is 3.55. The van der Waals surface area contributed by atoms with Gasteiger partial charge < -0.3 is 4.57 Å². The molecule has 1 aliphatic carbocycles.